The average Bonchev–Trinajstić information content (AvgIpc) is 2.44. The second-order valence-electron chi connectivity index (χ2n) is 4.40. The third-order valence-corrected chi connectivity index (χ3v) is 4.35. The Labute approximate surface area is 124 Å². The predicted molar refractivity (Wildman–Crippen MR) is 78.7 cm³/mol. The maximum Gasteiger partial charge on any atom is 0.243 e. The number of likely N-dealkylation sites (N-methyl/N-ethyl adjacent to an activating group) is 1. The van der Waals surface area contributed by atoms with E-state index in [-0.39, 0.29) is 13.2 Å². The number of benzene rings is 1. The highest BCUT2D eigenvalue weighted by Crippen LogP contribution is 2.15. The van der Waals surface area contributed by atoms with Gasteiger partial charge in [0.15, 0.2) is 0 Å². The third kappa shape index (κ3) is 5.44. The second kappa shape index (κ2) is 8.10. The van der Waals surface area contributed by atoms with Crippen LogP contribution in [0.1, 0.15) is 12.5 Å². The van der Waals surface area contributed by atoms with Crippen LogP contribution < -0.4 is 4.72 Å². The van der Waals surface area contributed by atoms with Gasteiger partial charge in [0, 0.05) is 18.7 Å². The molecule has 0 heterocycles. The molecule has 1 aromatic carbocycles. The first-order valence-electron chi connectivity index (χ1n) is 6.48. The Balaban J connectivity index is 2.84. The highest BCUT2D eigenvalue weighted by atomic mass is 32.2. The highest BCUT2D eigenvalue weighted by molar-refractivity contribution is 7.89. The van der Waals surface area contributed by atoms with E-state index in [1.165, 1.54) is 12.1 Å². The van der Waals surface area contributed by atoms with Gasteiger partial charge in [-0.1, -0.05) is 18.8 Å². The Morgan fingerprint density at radius 2 is 2.14 bits per heavy atom. The first-order chi connectivity index (χ1) is 9.90. The first kappa shape index (κ1) is 17.6. The lowest BCUT2D eigenvalue weighted by molar-refractivity contribution is 0.350. The van der Waals surface area contributed by atoms with Gasteiger partial charge in [-0.3, -0.25) is 0 Å². The first-order valence-corrected chi connectivity index (χ1v) is 7.96. The van der Waals surface area contributed by atoms with Crippen LogP contribution in [0.4, 0.5) is 4.39 Å². The van der Waals surface area contributed by atoms with E-state index in [1.807, 2.05) is 18.9 Å². The van der Waals surface area contributed by atoms with Gasteiger partial charge in [-0.2, -0.15) is 0 Å². The molecule has 0 unspecified atom stereocenters. The summed E-state index contributed by atoms with van der Waals surface area (Å²) in [6.45, 7) is 3.17. The molecule has 0 amide bonds. The molecule has 0 aliphatic rings. The monoisotopic (exact) mass is 314 g/mol. The summed E-state index contributed by atoms with van der Waals surface area (Å²) in [6.07, 6.45) is 0. The van der Waals surface area contributed by atoms with E-state index in [1.54, 1.807) is 0 Å². The molecule has 1 aromatic rings. The Bertz CT molecular complexity index is 635. The van der Waals surface area contributed by atoms with Crippen LogP contribution in [0.5, 0.6) is 0 Å². The SMILES string of the molecule is CCN(C)CCNS(=O)(=O)c1ccc(C#CCO)cc1F. The summed E-state index contributed by atoms with van der Waals surface area (Å²) >= 11 is 0. The van der Waals surface area contributed by atoms with Gasteiger partial charge in [0.2, 0.25) is 10.0 Å². The summed E-state index contributed by atoms with van der Waals surface area (Å²) in [5.41, 5.74) is 0.311. The molecule has 0 fully saturated rings. The van der Waals surface area contributed by atoms with Crippen molar-refractivity contribution in [2.75, 3.05) is 33.3 Å². The molecular formula is C14H19FN2O3S. The molecule has 0 saturated carbocycles. The number of nitrogens with one attached hydrogen (secondary N) is 1. The molecular weight excluding hydrogens is 295 g/mol. The Morgan fingerprint density at radius 1 is 1.43 bits per heavy atom. The van der Waals surface area contributed by atoms with Gasteiger partial charge in [0.05, 0.1) is 0 Å². The normalized spacial score (nSPS) is 11.3. The van der Waals surface area contributed by atoms with Crippen LogP contribution in [0.15, 0.2) is 23.1 Å². The smallest absolute Gasteiger partial charge is 0.243 e. The fourth-order valence-corrected chi connectivity index (χ4v) is 2.62. The lowest BCUT2D eigenvalue weighted by atomic mass is 10.2. The number of aliphatic hydroxyl groups is 1. The third-order valence-electron chi connectivity index (χ3n) is 2.86. The van der Waals surface area contributed by atoms with Crippen LogP contribution in [0.25, 0.3) is 0 Å². The molecule has 0 bridgehead atoms. The average molecular weight is 314 g/mol. The molecule has 0 aliphatic carbocycles. The molecule has 116 valence electrons. The van der Waals surface area contributed by atoms with Gasteiger partial charge in [-0.05, 0) is 31.8 Å². The van der Waals surface area contributed by atoms with Gasteiger partial charge >= 0.3 is 0 Å². The zero-order valence-corrected chi connectivity index (χ0v) is 12.9. The van der Waals surface area contributed by atoms with Crippen molar-refractivity contribution in [2.45, 2.75) is 11.8 Å². The van der Waals surface area contributed by atoms with Crippen LogP contribution in [0.3, 0.4) is 0 Å². The predicted octanol–water partition coefficient (Wildman–Crippen LogP) is 0.400. The summed E-state index contributed by atoms with van der Waals surface area (Å²) in [5.74, 6) is 4.02. The number of hydrogen-bond acceptors (Lipinski definition) is 4. The maximum absolute atomic E-state index is 13.9. The van der Waals surface area contributed by atoms with Crippen LogP contribution in [0, 0.1) is 17.7 Å². The molecule has 7 heteroatoms. The van der Waals surface area contributed by atoms with Crippen molar-refractivity contribution in [3.8, 4) is 11.8 Å². The summed E-state index contributed by atoms with van der Waals surface area (Å²) in [5, 5.41) is 8.57. The van der Waals surface area contributed by atoms with Crippen molar-refractivity contribution < 1.29 is 17.9 Å². The zero-order chi connectivity index (χ0) is 15.9. The molecule has 0 radical (unpaired) electrons. The van der Waals surface area contributed by atoms with Gasteiger partial charge in [-0.15, -0.1) is 0 Å². The number of halogens is 1. The van der Waals surface area contributed by atoms with E-state index in [0.717, 1.165) is 12.6 Å². The number of hydrogen-bond donors (Lipinski definition) is 2. The number of aliphatic hydroxyl groups excluding tert-OH is 1. The van der Waals surface area contributed by atoms with Crippen LogP contribution in [-0.2, 0) is 10.0 Å². The number of sulfonamides is 1. The minimum absolute atomic E-state index is 0.207. The zero-order valence-electron chi connectivity index (χ0n) is 12.1. The lowest BCUT2D eigenvalue weighted by Crippen LogP contribution is -2.33. The summed E-state index contributed by atoms with van der Waals surface area (Å²) in [6, 6.07) is 3.61. The molecule has 0 aliphatic heterocycles. The van der Waals surface area contributed by atoms with Crippen molar-refractivity contribution in [2.24, 2.45) is 0 Å². The molecule has 0 saturated heterocycles. The molecule has 0 spiro atoms. The minimum Gasteiger partial charge on any atom is -0.384 e. The van der Waals surface area contributed by atoms with Crippen molar-refractivity contribution >= 4 is 10.0 Å². The lowest BCUT2D eigenvalue weighted by Gasteiger charge is -2.14. The van der Waals surface area contributed by atoms with E-state index < -0.39 is 20.7 Å². The maximum atomic E-state index is 13.9. The van der Waals surface area contributed by atoms with E-state index >= 15 is 0 Å². The van der Waals surface area contributed by atoms with Gasteiger partial charge in [0.25, 0.3) is 0 Å². The van der Waals surface area contributed by atoms with Crippen molar-refractivity contribution in [3.05, 3.63) is 29.6 Å². The fraction of sp³-hybridized carbons (Fsp3) is 0.429. The van der Waals surface area contributed by atoms with E-state index in [0.29, 0.717) is 12.1 Å². The van der Waals surface area contributed by atoms with E-state index in [4.69, 9.17) is 5.11 Å². The molecule has 5 nitrogen and oxygen atoms in total. The van der Waals surface area contributed by atoms with Gasteiger partial charge in [-0.25, -0.2) is 17.5 Å². The Hall–Kier alpha value is -1.46. The molecule has 0 atom stereocenters. The van der Waals surface area contributed by atoms with Crippen LogP contribution in [0.2, 0.25) is 0 Å². The van der Waals surface area contributed by atoms with Gasteiger partial charge in [0.1, 0.15) is 17.3 Å². The van der Waals surface area contributed by atoms with E-state index in [9.17, 15) is 12.8 Å². The van der Waals surface area contributed by atoms with E-state index in [2.05, 4.69) is 16.6 Å². The fourth-order valence-electron chi connectivity index (χ4n) is 1.54. The molecule has 1 rings (SSSR count). The molecule has 21 heavy (non-hydrogen) atoms. The molecule has 2 N–H and O–H groups in total. The largest absolute Gasteiger partial charge is 0.384 e. The standard InChI is InChI=1S/C14H19FN2O3S/c1-3-17(2)9-8-16-21(19,20)14-7-6-12(5-4-10-18)11-13(14)15/h6-7,11,16,18H,3,8-10H2,1-2H3. The number of nitrogens with zero attached hydrogens (tertiary/aromatic N) is 1. The Kier molecular flexibility index (Phi) is 6.78. The summed E-state index contributed by atoms with van der Waals surface area (Å²) < 4.78 is 40.2. The van der Waals surface area contributed by atoms with Gasteiger partial charge < -0.3 is 10.0 Å². The van der Waals surface area contributed by atoms with Crippen LogP contribution >= 0.6 is 0 Å². The summed E-state index contributed by atoms with van der Waals surface area (Å²) in [7, 11) is -2.02. The quantitative estimate of drug-likeness (QED) is 0.746. The van der Waals surface area contributed by atoms with Crippen LogP contribution in [-0.4, -0.2) is 51.7 Å². The topological polar surface area (TPSA) is 69.6 Å². The molecule has 0 aromatic heterocycles. The highest BCUT2D eigenvalue weighted by Gasteiger charge is 2.18. The number of rotatable bonds is 6. The van der Waals surface area contributed by atoms with Crippen molar-refractivity contribution in [3.63, 3.8) is 0 Å². The minimum atomic E-state index is -3.88. The van der Waals surface area contributed by atoms with Crippen molar-refractivity contribution in [1.82, 2.24) is 9.62 Å². The summed E-state index contributed by atoms with van der Waals surface area (Å²) in [4.78, 5) is 1.53. The Morgan fingerprint density at radius 3 is 2.71 bits per heavy atom. The van der Waals surface area contributed by atoms with Crippen molar-refractivity contribution in [1.29, 1.82) is 0 Å². The second-order valence-corrected chi connectivity index (χ2v) is 6.13.